The molecular weight excluding hydrogens is 386 g/mol. The number of hydrogen-bond donors (Lipinski definition) is 0. The van der Waals surface area contributed by atoms with Crippen molar-refractivity contribution in [3.8, 4) is 0 Å². The van der Waals surface area contributed by atoms with Gasteiger partial charge in [-0.25, -0.2) is 9.97 Å². The molecule has 0 N–H and O–H groups in total. The van der Waals surface area contributed by atoms with Crippen molar-refractivity contribution in [3.63, 3.8) is 0 Å². The van der Waals surface area contributed by atoms with Crippen LogP contribution in [-0.2, 0) is 6.54 Å². The molecule has 4 aromatic rings. The molecule has 1 aromatic carbocycles. The van der Waals surface area contributed by atoms with Crippen molar-refractivity contribution >= 4 is 33.1 Å². The van der Waals surface area contributed by atoms with Crippen LogP contribution in [0.3, 0.4) is 0 Å². The maximum absolute atomic E-state index is 12.9. The largest absolute Gasteiger partial charge is 0.336 e. The number of piperazine rings is 1. The number of hydrogen-bond acceptors (Lipinski definition) is 6. The van der Waals surface area contributed by atoms with Crippen molar-refractivity contribution in [2.75, 3.05) is 26.2 Å². The quantitative estimate of drug-likeness (QED) is 0.523. The molecule has 3 aromatic heterocycles. The minimum Gasteiger partial charge on any atom is -0.336 e. The van der Waals surface area contributed by atoms with Gasteiger partial charge in [0.2, 0.25) is 0 Å². The second-order valence-corrected chi connectivity index (χ2v) is 8.16. The van der Waals surface area contributed by atoms with Crippen LogP contribution in [0.5, 0.6) is 0 Å². The first-order valence-electron chi connectivity index (χ1n) is 9.51. The van der Waals surface area contributed by atoms with E-state index in [-0.39, 0.29) is 17.0 Å². The summed E-state index contributed by atoms with van der Waals surface area (Å²) in [4.78, 5) is 38.5. The van der Waals surface area contributed by atoms with Gasteiger partial charge in [-0.05, 0) is 24.3 Å². The number of carbonyl (C=O) groups is 1. The second-order valence-electron chi connectivity index (χ2n) is 7.05. The molecule has 0 unspecified atom stereocenters. The summed E-state index contributed by atoms with van der Waals surface area (Å²) in [5.74, 6) is -0.250. The zero-order valence-electron chi connectivity index (χ0n) is 15.7. The first kappa shape index (κ1) is 18.0. The lowest BCUT2D eigenvalue weighted by atomic mass is 10.2. The molecule has 1 fully saturated rings. The molecule has 8 heteroatoms. The van der Waals surface area contributed by atoms with Crippen molar-refractivity contribution in [2.24, 2.45) is 0 Å². The number of para-hydroxylation sites is 1. The molecule has 0 radical (unpaired) electrons. The molecule has 0 saturated carbocycles. The van der Waals surface area contributed by atoms with Crippen molar-refractivity contribution in [1.29, 1.82) is 0 Å². The van der Waals surface area contributed by atoms with Gasteiger partial charge in [0.15, 0.2) is 0 Å². The van der Waals surface area contributed by atoms with Crippen LogP contribution in [0, 0.1) is 0 Å². The molecule has 4 heterocycles. The van der Waals surface area contributed by atoms with Gasteiger partial charge in [0.1, 0.15) is 16.2 Å². The number of benzene rings is 1. The summed E-state index contributed by atoms with van der Waals surface area (Å²) in [5.41, 5.74) is 1.37. The summed E-state index contributed by atoms with van der Waals surface area (Å²) in [6.45, 7) is 3.46. The second kappa shape index (κ2) is 7.38. The van der Waals surface area contributed by atoms with Gasteiger partial charge in [0.25, 0.3) is 11.5 Å². The molecule has 1 saturated heterocycles. The topological polar surface area (TPSA) is 70.8 Å². The molecule has 146 valence electrons. The Morgan fingerprint density at radius 3 is 2.66 bits per heavy atom. The van der Waals surface area contributed by atoms with Crippen LogP contribution in [-0.4, -0.2) is 56.3 Å². The van der Waals surface area contributed by atoms with Crippen LogP contribution in [0.4, 0.5) is 0 Å². The number of nitrogens with zero attached hydrogens (tertiary/aromatic N) is 5. The lowest BCUT2D eigenvalue weighted by Crippen LogP contribution is -2.49. The third-order valence-corrected chi connectivity index (χ3v) is 6.22. The lowest BCUT2D eigenvalue weighted by molar-refractivity contribution is 0.0626. The van der Waals surface area contributed by atoms with E-state index in [0.717, 1.165) is 30.2 Å². The summed E-state index contributed by atoms with van der Waals surface area (Å²) in [6.07, 6.45) is 3.03. The molecular formula is C21H19N5O2S. The highest BCUT2D eigenvalue weighted by Crippen LogP contribution is 2.23. The van der Waals surface area contributed by atoms with E-state index in [1.54, 1.807) is 34.6 Å². The van der Waals surface area contributed by atoms with Crippen molar-refractivity contribution in [2.45, 2.75) is 6.54 Å². The third kappa shape index (κ3) is 3.41. The fraction of sp³-hybridized carbons (Fsp3) is 0.238. The van der Waals surface area contributed by atoms with E-state index in [4.69, 9.17) is 4.98 Å². The van der Waals surface area contributed by atoms with Gasteiger partial charge in [-0.3, -0.25) is 18.9 Å². The van der Waals surface area contributed by atoms with Gasteiger partial charge in [0.05, 0.1) is 16.8 Å². The normalized spacial score (nSPS) is 15.2. The summed E-state index contributed by atoms with van der Waals surface area (Å²) < 4.78 is 2.61. The Labute approximate surface area is 170 Å². The van der Waals surface area contributed by atoms with Crippen LogP contribution in [0.1, 0.15) is 15.4 Å². The van der Waals surface area contributed by atoms with Crippen LogP contribution >= 0.6 is 11.3 Å². The fourth-order valence-electron chi connectivity index (χ4n) is 3.63. The molecule has 1 aliphatic rings. The number of pyridine rings is 1. The highest BCUT2D eigenvalue weighted by Gasteiger charge is 2.25. The molecule has 5 rings (SSSR count). The lowest BCUT2D eigenvalue weighted by Gasteiger charge is -2.34. The number of rotatable bonds is 3. The van der Waals surface area contributed by atoms with E-state index in [1.165, 1.54) is 15.3 Å². The maximum atomic E-state index is 12.9. The van der Waals surface area contributed by atoms with Crippen molar-refractivity contribution < 1.29 is 4.79 Å². The van der Waals surface area contributed by atoms with E-state index in [0.29, 0.717) is 18.7 Å². The van der Waals surface area contributed by atoms with E-state index in [1.807, 2.05) is 24.3 Å². The average molecular weight is 405 g/mol. The van der Waals surface area contributed by atoms with Gasteiger partial charge in [0, 0.05) is 38.6 Å². The first-order valence-corrected chi connectivity index (χ1v) is 10.3. The predicted octanol–water partition coefficient (Wildman–Crippen LogP) is 2.26. The summed E-state index contributed by atoms with van der Waals surface area (Å²) in [7, 11) is 0. The van der Waals surface area contributed by atoms with Crippen molar-refractivity contribution in [3.05, 3.63) is 75.8 Å². The van der Waals surface area contributed by atoms with Gasteiger partial charge < -0.3 is 4.90 Å². The Bertz CT molecular complexity index is 1220. The van der Waals surface area contributed by atoms with Crippen LogP contribution in [0.15, 0.2) is 59.7 Å². The minimum absolute atomic E-state index is 0.119. The first-order chi connectivity index (χ1) is 14.2. The van der Waals surface area contributed by atoms with Gasteiger partial charge in [-0.15, -0.1) is 11.3 Å². The number of carbonyl (C=O) groups excluding carboxylic acids is 1. The van der Waals surface area contributed by atoms with Crippen LogP contribution in [0.2, 0.25) is 0 Å². The number of amides is 1. The Morgan fingerprint density at radius 2 is 1.83 bits per heavy atom. The third-order valence-electron chi connectivity index (χ3n) is 5.20. The standard InChI is InChI=1S/C21H19N5O2S/c27-20(15-13-22-18-7-3-4-8-26(18)21(15)28)25-11-9-24(10-12-25)14-19-23-16-5-1-2-6-17(16)29-19/h1-8,13H,9-12,14H2. The van der Waals surface area contributed by atoms with Gasteiger partial charge in [-0.2, -0.15) is 0 Å². The Morgan fingerprint density at radius 1 is 1.03 bits per heavy atom. The van der Waals surface area contributed by atoms with Gasteiger partial charge >= 0.3 is 0 Å². The van der Waals surface area contributed by atoms with E-state index in [9.17, 15) is 9.59 Å². The fourth-order valence-corrected chi connectivity index (χ4v) is 4.64. The molecule has 0 bridgehead atoms. The summed E-state index contributed by atoms with van der Waals surface area (Å²) in [5, 5.41) is 1.09. The maximum Gasteiger partial charge on any atom is 0.270 e. The molecule has 7 nitrogen and oxygen atoms in total. The summed E-state index contributed by atoms with van der Waals surface area (Å²) >= 11 is 1.71. The monoisotopic (exact) mass is 405 g/mol. The van der Waals surface area contributed by atoms with Crippen LogP contribution in [0.25, 0.3) is 15.9 Å². The molecule has 29 heavy (non-hydrogen) atoms. The van der Waals surface area contributed by atoms with Gasteiger partial charge in [-0.1, -0.05) is 18.2 Å². The highest BCUT2D eigenvalue weighted by molar-refractivity contribution is 7.18. The molecule has 1 amide bonds. The van der Waals surface area contributed by atoms with Crippen LogP contribution < -0.4 is 5.56 Å². The van der Waals surface area contributed by atoms with E-state index < -0.39 is 0 Å². The Hall–Kier alpha value is -3.10. The smallest absolute Gasteiger partial charge is 0.270 e. The zero-order valence-corrected chi connectivity index (χ0v) is 16.5. The average Bonchev–Trinajstić information content (AvgIpc) is 3.17. The minimum atomic E-state index is -0.322. The van der Waals surface area contributed by atoms with E-state index >= 15 is 0 Å². The molecule has 1 aliphatic heterocycles. The molecule has 0 aliphatic carbocycles. The van der Waals surface area contributed by atoms with Crippen molar-refractivity contribution in [1.82, 2.24) is 24.2 Å². The molecule has 0 atom stereocenters. The Kier molecular flexibility index (Phi) is 4.57. The predicted molar refractivity (Wildman–Crippen MR) is 112 cm³/mol. The number of aromatic nitrogens is 3. The SMILES string of the molecule is O=C(c1cnc2ccccn2c1=O)N1CCN(Cc2nc3ccccc3s2)CC1. The summed E-state index contributed by atoms with van der Waals surface area (Å²) in [6, 6.07) is 13.5. The van der Waals surface area contributed by atoms with E-state index in [2.05, 4.69) is 16.0 Å². The molecule has 0 spiro atoms. The zero-order chi connectivity index (χ0) is 19.8. The number of thiazole rings is 1. The number of fused-ring (bicyclic) bond motifs is 2. The highest BCUT2D eigenvalue weighted by atomic mass is 32.1. The Balaban J connectivity index is 1.27.